The first-order valence-corrected chi connectivity index (χ1v) is 17.3. The van der Waals surface area contributed by atoms with Crippen molar-refractivity contribution in [2.45, 2.75) is 64.8 Å². The number of ether oxygens (including phenoxy) is 2. The lowest BCUT2D eigenvalue weighted by Gasteiger charge is -2.36. The summed E-state index contributed by atoms with van der Waals surface area (Å²) in [7, 11) is 2.09. The second kappa shape index (κ2) is 17.3. The molecule has 9 nitrogen and oxygen atoms in total. The second-order valence-electron chi connectivity index (χ2n) is 13.3. The number of carbonyl (C=O) groups excluding carboxylic acids is 2. The number of urea groups is 1. The van der Waals surface area contributed by atoms with E-state index in [0.29, 0.717) is 42.4 Å². The fourth-order valence-corrected chi connectivity index (χ4v) is 6.35. The molecule has 0 aromatic heterocycles. The van der Waals surface area contributed by atoms with Gasteiger partial charge in [-0.05, 0) is 75.4 Å². The summed E-state index contributed by atoms with van der Waals surface area (Å²) >= 11 is 0. The van der Waals surface area contributed by atoms with Crippen molar-refractivity contribution >= 4 is 34.1 Å². The summed E-state index contributed by atoms with van der Waals surface area (Å²) in [6.07, 6.45) is 2.36. The highest BCUT2D eigenvalue weighted by atomic mass is 16.5. The van der Waals surface area contributed by atoms with Crippen molar-refractivity contribution in [2.75, 3.05) is 44.0 Å². The van der Waals surface area contributed by atoms with Crippen LogP contribution in [0.1, 0.15) is 56.0 Å². The Morgan fingerprint density at radius 2 is 1.73 bits per heavy atom. The number of likely N-dealkylation sites (N-methyl/N-ethyl adjacent to an activating group) is 1. The quantitative estimate of drug-likeness (QED) is 0.181. The average Bonchev–Trinajstić information content (AvgIpc) is 3.10. The summed E-state index contributed by atoms with van der Waals surface area (Å²) in [6, 6.07) is 28.2. The van der Waals surface area contributed by atoms with Crippen molar-refractivity contribution in [2.24, 2.45) is 5.92 Å². The highest BCUT2D eigenvalue weighted by Crippen LogP contribution is 2.29. The van der Waals surface area contributed by atoms with Gasteiger partial charge < -0.3 is 30.1 Å². The zero-order valence-electron chi connectivity index (χ0n) is 29.1. The lowest BCUT2D eigenvalue weighted by atomic mass is 10.0. The lowest BCUT2D eigenvalue weighted by molar-refractivity contribution is -0.0177. The molecule has 1 heterocycles. The number of hydrogen-bond acceptors (Lipinski definition) is 6. The maximum Gasteiger partial charge on any atom is 0.323 e. The first-order chi connectivity index (χ1) is 23.7. The molecule has 0 spiro atoms. The van der Waals surface area contributed by atoms with E-state index in [1.165, 1.54) is 5.56 Å². The highest BCUT2D eigenvalue weighted by molar-refractivity contribution is 6.07. The highest BCUT2D eigenvalue weighted by Gasteiger charge is 2.30. The van der Waals surface area contributed by atoms with Gasteiger partial charge in [0.1, 0.15) is 5.75 Å². The van der Waals surface area contributed by atoms with Gasteiger partial charge >= 0.3 is 6.03 Å². The van der Waals surface area contributed by atoms with Gasteiger partial charge in [0.05, 0.1) is 36.1 Å². The van der Waals surface area contributed by atoms with E-state index in [0.717, 1.165) is 36.6 Å². The van der Waals surface area contributed by atoms with Crippen LogP contribution in [0.4, 0.5) is 16.2 Å². The number of carbonyl (C=O) groups is 2. The van der Waals surface area contributed by atoms with Crippen molar-refractivity contribution in [3.63, 3.8) is 0 Å². The van der Waals surface area contributed by atoms with Crippen LogP contribution in [0, 0.1) is 5.92 Å². The average molecular weight is 667 g/mol. The number of aliphatic hydroxyl groups is 1. The van der Waals surface area contributed by atoms with E-state index in [4.69, 9.17) is 9.47 Å². The summed E-state index contributed by atoms with van der Waals surface area (Å²) in [5, 5.41) is 18.1. The van der Waals surface area contributed by atoms with Gasteiger partial charge in [-0.2, -0.15) is 0 Å². The molecule has 4 aromatic rings. The second-order valence-corrected chi connectivity index (χ2v) is 13.3. The van der Waals surface area contributed by atoms with Gasteiger partial charge in [0.2, 0.25) is 0 Å². The molecule has 0 saturated carbocycles. The fourth-order valence-electron chi connectivity index (χ4n) is 6.35. The molecule has 5 rings (SSSR count). The number of amides is 3. The molecule has 4 aromatic carbocycles. The number of rotatable bonds is 8. The third kappa shape index (κ3) is 9.81. The Kier molecular flexibility index (Phi) is 12.6. The molecule has 3 amide bonds. The van der Waals surface area contributed by atoms with E-state index in [1.807, 2.05) is 74.5 Å². The van der Waals surface area contributed by atoms with Gasteiger partial charge in [-0.15, -0.1) is 0 Å². The summed E-state index contributed by atoms with van der Waals surface area (Å²) in [5.41, 5.74) is 2.70. The van der Waals surface area contributed by atoms with E-state index < -0.39 is 12.1 Å². The predicted molar refractivity (Wildman–Crippen MR) is 196 cm³/mol. The first-order valence-electron chi connectivity index (χ1n) is 17.3. The van der Waals surface area contributed by atoms with Crippen LogP contribution in [-0.4, -0.2) is 78.4 Å². The van der Waals surface area contributed by atoms with Crippen LogP contribution in [0.15, 0.2) is 91.0 Å². The van der Waals surface area contributed by atoms with Crippen LogP contribution in [0.25, 0.3) is 10.8 Å². The molecule has 0 unspecified atom stereocenters. The van der Waals surface area contributed by atoms with E-state index in [1.54, 1.807) is 23.1 Å². The van der Waals surface area contributed by atoms with Crippen molar-refractivity contribution in [3.05, 3.63) is 102 Å². The minimum atomic E-state index is -0.456. The van der Waals surface area contributed by atoms with Crippen LogP contribution in [0.2, 0.25) is 0 Å². The third-order valence-corrected chi connectivity index (χ3v) is 9.13. The molecule has 0 radical (unpaired) electrons. The number of aliphatic hydroxyl groups excluding tert-OH is 1. The number of benzene rings is 4. The zero-order valence-corrected chi connectivity index (χ0v) is 29.1. The molecular weight excluding hydrogens is 616 g/mol. The number of hydrogen-bond donors (Lipinski definition) is 3. The molecule has 9 heteroatoms. The molecule has 1 aliphatic heterocycles. The number of anilines is 2. The topological polar surface area (TPSA) is 103 Å². The van der Waals surface area contributed by atoms with Gasteiger partial charge in [-0.1, -0.05) is 73.7 Å². The first kappa shape index (κ1) is 35.9. The maximum atomic E-state index is 14.5. The Morgan fingerprint density at radius 3 is 2.53 bits per heavy atom. The molecule has 0 bridgehead atoms. The molecule has 0 saturated heterocycles. The van der Waals surface area contributed by atoms with Crippen molar-refractivity contribution in [1.82, 2.24) is 9.80 Å². The van der Waals surface area contributed by atoms with Gasteiger partial charge in [-0.3, -0.25) is 9.69 Å². The monoisotopic (exact) mass is 666 g/mol. The van der Waals surface area contributed by atoms with Crippen LogP contribution in [-0.2, 0) is 11.3 Å². The van der Waals surface area contributed by atoms with E-state index in [9.17, 15) is 14.7 Å². The number of fused-ring (bicyclic) bond motifs is 2. The molecule has 0 aliphatic carbocycles. The van der Waals surface area contributed by atoms with E-state index in [-0.39, 0.29) is 30.6 Å². The SMILES string of the molecule is C[C@H]1CCCCO[C@@H](CN(C)Cc2ccccc2)[C@@H](C)CN([C@@H](C)CO)C(=O)c2cc(NC(=O)Nc3cccc4ccccc34)ccc2O1. The van der Waals surface area contributed by atoms with E-state index in [2.05, 4.69) is 41.6 Å². The Labute approximate surface area is 290 Å². The minimum Gasteiger partial charge on any atom is -0.490 e. The zero-order chi connectivity index (χ0) is 34.8. The van der Waals surface area contributed by atoms with Crippen molar-refractivity contribution in [3.8, 4) is 5.75 Å². The van der Waals surface area contributed by atoms with Crippen molar-refractivity contribution in [1.29, 1.82) is 0 Å². The van der Waals surface area contributed by atoms with Gasteiger partial charge in [0.25, 0.3) is 5.91 Å². The van der Waals surface area contributed by atoms with Gasteiger partial charge in [0.15, 0.2) is 0 Å². The number of nitrogens with zero attached hydrogens (tertiary/aromatic N) is 2. The molecule has 260 valence electrons. The molecule has 49 heavy (non-hydrogen) atoms. The fraction of sp³-hybridized carbons (Fsp3) is 0.400. The van der Waals surface area contributed by atoms with Crippen LogP contribution in [0.3, 0.4) is 0 Å². The Balaban J connectivity index is 1.39. The van der Waals surface area contributed by atoms with Crippen LogP contribution in [0.5, 0.6) is 5.75 Å². The van der Waals surface area contributed by atoms with Gasteiger partial charge in [0, 0.05) is 43.2 Å². The number of nitrogens with one attached hydrogen (secondary N) is 2. The van der Waals surface area contributed by atoms with E-state index >= 15 is 0 Å². The summed E-state index contributed by atoms with van der Waals surface area (Å²) in [6.45, 7) is 8.23. The third-order valence-electron chi connectivity index (χ3n) is 9.13. The standard InChI is InChI=1S/C40H50N4O5/c1-28-24-44(29(2)27-45)39(46)35-23-33(41-40(47)42-36-19-12-17-32-16-8-9-18-34(32)36)20-21-37(35)49-30(3)13-10-11-22-48-38(28)26-43(4)25-31-14-6-5-7-15-31/h5-9,12,14-21,23,28-30,38,45H,10-11,13,22,24-27H2,1-4H3,(H2,41,42,47)/t28-,29-,30-,38-/m0/s1. The molecule has 1 aliphatic rings. The maximum absolute atomic E-state index is 14.5. The Bertz CT molecular complexity index is 1680. The molecular formula is C40H50N4O5. The predicted octanol–water partition coefficient (Wildman–Crippen LogP) is 7.41. The normalized spacial score (nSPS) is 19.8. The van der Waals surface area contributed by atoms with Gasteiger partial charge in [-0.25, -0.2) is 4.79 Å². The Hall–Kier alpha value is -4.44. The molecule has 0 fully saturated rings. The smallest absolute Gasteiger partial charge is 0.323 e. The summed E-state index contributed by atoms with van der Waals surface area (Å²) < 4.78 is 12.9. The minimum absolute atomic E-state index is 0.0322. The Morgan fingerprint density at radius 1 is 0.980 bits per heavy atom. The summed E-state index contributed by atoms with van der Waals surface area (Å²) in [4.78, 5) is 31.6. The largest absolute Gasteiger partial charge is 0.490 e. The summed E-state index contributed by atoms with van der Waals surface area (Å²) in [5.74, 6) is 0.144. The molecule has 4 atom stereocenters. The van der Waals surface area contributed by atoms with Crippen LogP contribution < -0.4 is 15.4 Å². The van der Waals surface area contributed by atoms with Crippen LogP contribution >= 0.6 is 0 Å². The lowest BCUT2D eigenvalue weighted by Crippen LogP contribution is -2.47. The van der Waals surface area contributed by atoms with Crippen molar-refractivity contribution < 1.29 is 24.2 Å². The molecule has 3 N–H and O–H groups in total.